The molecule has 0 unspecified atom stereocenters. The van der Waals surface area contributed by atoms with Gasteiger partial charge in [0.05, 0.1) is 14.8 Å². The summed E-state index contributed by atoms with van der Waals surface area (Å²) in [6.45, 7) is -3.01. The van der Waals surface area contributed by atoms with Crippen LogP contribution in [0.5, 0.6) is 0 Å². The Labute approximate surface area is 130 Å². The number of carbonyl (C=O) groups excluding carboxylic acids is 1. The molecule has 2 aromatic rings. The standard InChI is InChI=1S/C15H9BrF3NO/c16-9-4-12(18)10(13(19)5-9)7-20-6-8-2-1-3-11(17)14(8)15(20)21/h1-5H,6-7H2/i6D2. The van der Waals surface area contributed by atoms with E-state index in [1.807, 2.05) is 0 Å². The molecule has 3 rings (SSSR count). The lowest BCUT2D eigenvalue weighted by atomic mass is 10.1. The molecule has 0 aromatic heterocycles. The van der Waals surface area contributed by atoms with Crippen molar-refractivity contribution in [3.63, 3.8) is 0 Å². The molecule has 1 heterocycles. The first kappa shape index (κ1) is 11.8. The molecule has 21 heavy (non-hydrogen) atoms. The Hall–Kier alpha value is -1.82. The first-order chi connectivity index (χ1) is 10.7. The van der Waals surface area contributed by atoms with Crippen molar-refractivity contribution in [2.75, 3.05) is 0 Å². The molecular weight excluding hydrogens is 347 g/mol. The van der Waals surface area contributed by atoms with Crippen LogP contribution >= 0.6 is 15.9 Å². The van der Waals surface area contributed by atoms with Gasteiger partial charge in [0.1, 0.15) is 17.5 Å². The second-order valence-corrected chi connectivity index (χ2v) is 5.43. The van der Waals surface area contributed by atoms with Gasteiger partial charge in [0.2, 0.25) is 0 Å². The third kappa shape index (κ3) is 2.44. The number of benzene rings is 2. The number of hydrogen-bond acceptors (Lipinski definition) is 1. The molecule has 1 aliphatic rings. The lowest BCUT2D eigenvalue weighted by Crippen LogP contribution is -2.24. The third-order valence-electron chi connectivity index (χ3n) is 3.15. The average Bonchev–Trinajstić information content (AvgIpc) is 2.63. The molecule has 1 aliphatic heterocycles. The van der Waals surface area contributed by atoms with Crippen molar-refractivity contribution >= 4 is 21.8 Å². The van der Waals surface area contributed by atoms with Crippen molar-refractivity contribution in [2.45, 2.75) is 13.0 Å². The largest absolute Gasteiger partial charge is 0.330 e. The Kier molecular flexibility index (Phi) is 2.91. The van der Waals surface area contributed by atoms with Crippen LogP contribution in [0.4, 0.5) is 13.2 Å². The zero-order chi connectivity index (χ0) is 16.9. The summed E-state index contributed by atoms with van der Waals surface area (Å²) in [5, 5.41) is 0. The Morgan fingerprint density at radius 1 is 1.19 bits per heavy atom. The highest BCUT2D eigenvalue weighted by Crippen LogP contribution is 2.28. The Morgan fingerprint density at radius 3 is 2.48 bits per heavy atom. The predicted molar refractivity (Wildman–Crippen MR) is 74.0 cm³/mol. The summed E-state index contributed by atoms with van der Waals surface area (Å²) in [7, 11) is 0. The molecule has 0 bridgehead atoms. The number of amides is 1. The smallest absolute Gasteiger partial charge is 0.257 e. The van der Waals surface area contributed by atoms with Crippen molar-refractivity contribution in [3.8, 4) is 0 Å². The lowest BCUT2D eigenvalue weighted by molar-refractivity contribution is 0.0760. The maximum absolute atomic E-state index is 13.9. The van der Waals surface area contributed by atoms with Gasteiger partial charge in [-0.05, 0) is 23.8 Å². The van der Waals surface area contributed by atoms with Crippen LogP contribution in [0.3, 0.4) is 0 Å². The van der Waals surface area contributed by atoms with Gasteiger partial charge >= 0.3 is 0 Å². The van der Waals surface area contributed by atoms with E-state index >= 15 is 0 Å². The van der Waals surface area contributed by atoms with Gasteiger partial charge in [-0.2, -0.15) is 0 Å². The molecule has 0 N–H and O–H groups in total. The SMILES string of the molecule is [2H]C1([2H])c2cccc(F)c2C(=O)N1Cc1c(F)cc(Br)cc1F. The molecule has 2 aromatic carbocycles. The van der Waals surface area contributed by atoms with Gasteiger partial charge in [-0.3, -0.25) is 4.79 Å². The van der Waals surface area contributed by atoms with Crippen LogP contribution in [0.15, 0.2) is 34.8 Å². The highest BCUT2D eigenvalue weighted by molar-refractivity contribution is 9.10. The van der Waals surface area contributed by atoms with Crippen molar-refractivity contribution in [1.29, 1.82) is 0 Å². The highest BCUT2D eigenvalue weighted by Gasteiger charge is 2.31. The van der Waals surface area contributed by atoms with Gasteiger partial charge in [0.15, 0.2) is 0 Å². The summed E-state index contributed by atoms with van der Waals surface area (Å²) in [6, 6.07) is 5.63. The molecule has 0 atom stereocenters. The number of rotatable bonds is 2. The topological polar surface area (TPSA) is 20.3 Å². The highest BCUT2D eigenvalue weighted by atomic mass is 79.9. The average molecular weight is 358 g/mol. The van der Waals surface area contributed by atoms with E-state index in [9.17, 15) is 18.0 Å². The summed E-state index contributed by atoms with van der Waals surface area (Å²) in [5.41, 5.74) is -1.02. The van der Waals surface area contributed by atoms with E-state index in [1.165, 1.54) is 12.1 Å². The molecule has 0 spiro atoms. The van der Waals surface area contributed by atoms with Gasteiger partial charge in [-0.15, -0.1) is 0 Å². The summed E-state index contributed by atoms with van der Waals surface area (Å²) in [6.07, 6.45) is 0. The van der Waals surface area contributed by atoms with E-state index in [0.717, 1.165) is 18.2 Å². The van der Waals surface area contributed by atoms with E-state index < -0.39 is 47.5 Å². The molecular formula is C15H9BrF3NO. The van der Waals surface area contributed by atoms with Crippen molar-refractivity contribution < 1.29 is 20.7 Å². The fraction of sp³-hybridized carbons (Fsp3) is 0.133. The number of hydrogen-bond donors (Lipinski definition) is 0. The quantitative estimate of drug-likeness (QED) is 0.794. The van der Waals surface area contributed by atoms with Gasteiger partial charge in [-0.25, -0.2) is 13.2 Å². The molecule has 1 amide bonds. The second-order valence-electron chi connectivity index (χ2n) is 4.51. The minimum absolute atomic E-state index is 0.152. The van der Waals surface area contributed by atoms with E-state index in [-0.39, 0.29) is 10.0 Å². The molecule has 0 saturated carbocycles. The van der Waals surface area contributed by atoms with E-state index in [0.29, 0.717) is 4.90 Å². The third-order valence-corrected chi connectivity index (χ3v) is 3.61. The van der Waals surface area contributed by atoms with E-state index in [1.54, 1.807) is 0 Å². The summed E-state index contributed by atoms with van der Waals surface area (Å²) < 4.78 is 58.0. The Morgan fingerprint density at radius 2 is 1.86 bits per heavy atom. The molecule has 6 heteroatoms. The Balaban J connectivity index is 2.06. The van der Waals surface area contributed by atoms with Crippen molar-refractivity contribution in [2.24, 2.45) is 0 Å². The zero-order valence-corrected chi connectivity index (χ0v) is 12.0. The van der Waals surface area contributed by atoms with Crippen LogP contribution in [-0.4, -0.2) is 10.8 Å². The fourth-order valence-corrected chi connectivity index (χ4v) is 2.56. The molecule has 0 radical (unpaired) electrons. The summed E-state index contributed by atoms with van der Waals surface area (Å²) in [4.78, 5) is 12.9. The lowest BCUT2D eigenvalue weighted by Gasteiger charge is -2.16. The van der Waals surface area contributed by atoms with Crippen LogP contribution in [0.1, 0.15) is 24.2 Å². The molecule has 0 aliphatic carbocycles. The van der Waals surface area contributed by atoms with Crippen LogP contribution in [0.2, 0.25) is 0 Å². The number of nitrogens with zero attached hydrogens (tertiary/aromatic N) is 1. The number of halogens is 4. The maximum atomic E-state index is 13.9. The van der Waals surface area contributed by atoms with Crippen LogP contribution in [0, 0.1) is 17.5 Å². The van der Waals surface area contributed by atoms with E-state index in [2.05, 4.69) is 15.9 Å². The molecule has 2 nitrogen and oxygen atoms in total. The number of carbonyl (C=O) groups is 1. The van der Waals surface area contributed by atoms with Crippen molar-refractivity contribution in [3.05, 3.63) is 68.9 Å². The monoisotopic (exact) mass is 357 g/mol. The first-order valence-electron chi connectivity index (χ1n) is 6.98. The minimum atomic E-state index is -2.36. The van der Waals surface area contributed by atoms with Crippen molar-refractivity contribution in [1.82, 2.24) is 4.90 Å². The molecule has 108 valence electrons. The van der Waals surface area contributed by atoms with Crippen LogP contribution < -0.4 is 0 Å². The minimum Gasteiger partial charge on any atom is -0.330 e. The molecule has 0 saturated heterocycles. The first-order valence-corrected chi connectivity index (χ1v) is 6.77. The maximum Gasteiger partial charge on any atom is 0.257 e. The van der Waals surface area contributed by atoms with Gasteiger partial charge < -0.3 is 4.90 Å². The Bertz CT molecular complexity index is 805. The van der Waals surface area contributed by atoms with Gasteiger partial charge in [0.25, 0.3) is 5.91 Å². The number of fused-ring (bicyclic) bond motifs is 1. The zero-order valence-electron chi connectivity index (χ0n) is 12.5. The van der Waals surface area contributed by atoms with Crippen LogP contribution in [-0.2, 0) is 13.0 Å². The normalized spacial score (nSPS) is 17.5. The summed E-state index contributed by atoms with van der Waals surface area (Å²) in [5.74, 6) is -3.64. The van der Waals surface area contributed by atoms with Gasteiger partial charge in [0, 0.05) is 16.5 Å². The van der Waals surface area contributed by atoms with Crippen LogP contribution in [0.25, 0.3) is 0 Å². The predicted octanol–water partition coefficient (Wildman–Crippen LogP) is 4.02. The summed E-state index contributed by atoms with van der Waals surface area (Å²) >= 11 is 2.94. The molecule has 0 fully saturated rings. The van der Waals surface area contributed by atoms with Gasteiger partial charge in [-0.1, -0.05) is 28.1 Å². The van der Waals surface area contributed by atoms with E-state index in [4.69, 9.17) is 2.74 Å². The fourth-order valence-electron chi connectivity index (χ4n) is 2.16. The second kappa shape index (κ2) is 5.18.